The van der Waals surface area contributed by atoms with E-state index in [4.69, 9.17) is 16.3 Å². The van der Waals surface area contributed by atoms with Gasteiger partial charge in [0.1, 0.15) is 23.9 Å². The molecule has 8 heteroatoms. The number of nitrogens with zero attached hydrogens (tertiary/aromatic N) is 2. The Balaban J connectivity index is 1.49. The highest BCUT2D eigenvalue weighted by Crippen LogP contribution is 2.32. The van der Waals surface area contributed by atoms with Crippen molar-refractivity contribution in [1.29, 1.82) is 0 Å². The van der Waals surface area contributed by atoms with E-state index in [2.05, 4.69) is 20.3 Å². The molecular formula is C24H27ClN4O3. The molecule has 2 aromatic heterocycles. The number of H-pyrrole nitrogens is 1. The Bertz CT molecular complexity index is 1120. The average Bonchev–Trinajstić information content (AvgIpc) is 3.25. The van der Waals surface area contributed by atoms with E-state index in [1.807, 2.05) is 0 Å². The molecule has 2 N–H and O–H groups in total. The Hall–Kier alpha value is -2.77. The second-order valence-electron chi connectivity index (χ2n) is 8.37. The molecule has 0 saturated heterocycles. The van der Waals surface area contributed by atoms with Crippen molar-refractivity contribution in [1.82, 2.24) is 15.0 Å². The molecule has 168 valence electrons. The molecule has 0 amide bonds. The molecule has 1 fully saturated rings. The molecule has 1 aliphatic carbocycles. The standard InChI is InChI=1S/C24H27ClN4O3/c1-14(32-2)20(30)11-15-7-9-16(10-8-15)29-24-21-18(12-26-23(21)27-13-28-24)22(31)17-5-3-4-6-19(17)25/h3-6,12-16H,7-11H2,1-2H3,(H2,26,27,28,29)/t14-,15?,16?/m1/s1. The number of methoxy groups -OCH3 is 1. The summed E-state index contributed by atoms with van der Waals surface area (Å²) in [6, 6.07) is 7.23. The Morgan fingerprint density at radius 3 is 2.66 bits per heavy atom. The van der Waals surface area contributed by atoms with Crippen LogP contribution in [0.5, 0.6) is 0 Å². The number of rotatable bonds is 8. The predicted octanol–water partition coefficient (Wildman–Crippen LogP) is 4.81. The molecular weight excluding hydrogens is 428 g/mol. The number of ketones is 2. The van der Waals surface area contributed by atoms with Crippen molar-refractivity contribution >= 4 is 40.0 Å². The van der Waals surface area contributed by atoms with E-state index in [0.29, 0.717) is 45.3 Å². The number of Topliss-reactive ketones (excluding diaryl/α,β-unsaturated/α-hetero) is 1. The van der Waals surface area contributed by atoms with Gasteiger partial charge in [-0.05, 0) is 50.7 Å². The first-order valence-electron chi connectivity index (χ1n) is 10.9. The van der Waals surface area contributed by atoms with E-state index in [9.17, 15) is 9.59 Å². The van der Waals surface area contributed by atoms with Crippen molar-refractivity contribution in [2.45, 2.75) is 51.2 Å². The van der Waals surface area contributed by atoms with Crippen molar-refractivity contribution in [3.05, 3.63) is 52.9 Å². The van der Waals surface area contributed by atoms with Crippen LogP contribution in [0.2, 0.25) is 5.02 Å². The highest BCUT2D eigenvalue weighted by Gasteiger charge is 2.26. The average molecular weight is 455 g/mol. The van der Waals surface area contributed by atoms with Gasteiger partial charge in [-0.15, -0.1) is 0 Å². The zero-order chi connectivity index (χ0) is 22.7. The third-order valence-corrected chi connectivity index (χ3v) is 6.65. The van der Waals surface area contributed by atoms with Gasteiger partial charge < -0.3 is 15.0 Å². The van der Waals surface area contributed by atoms with Crippen LogP contribution in [-0.2, 0) is 9.53 Å². The molecule has 1 aromatic carbocycles. The highest BCUT2D eigenvalue weighted by molar-refractivity contribution is 6.35. The number of hydrogen-bond donors (Lipinski definition) is 2. The van der Waals surface area contributed by atoms with Crippen LogP contribution in [0, 0.1) is 5.92 Å². The third kappa shape index (κ3) is 4.69. The molecule has 1 aliphatic rings. The molecule has 0 spiro atoms. The number of nitrogens with one attached hydrogen (secondary N) is 2. The van der Waals surface area contributed by atoms with E-state index >= 15 is 0 Å². The summed E-state index contributed by atoms with van der Waals surface area (Å²) in [7, 11) is 1.57. The van der Waals surface area contributed by atoms with Gasteiger partial charge in [-0.1, -0.05) is 23.7 Å². The molecule has 0 bridgehead atoms. The van der Waals surface area contributed by atoms with Gasteiger partial charge in [0, 0.05) is 31.3 Å². The second kappa shape index (κ2) is 9.79. The van der Waals surface area contributed by atoms with Crippen molar-refractivity contribution in [3.8, 4) is 0 Å². The minimum Gasteiger partial charge on any atom is -0.374 e. The quantitative estimate of drug-likeness (QED) is 0.474. The van der Waals surface area contributed by atoms with Gasteiger partial charge in [0.2, 0.25) is 0 Å². The van der Waals surface area contributed by atoms with Crippen LogP contribution in [0.25, 0.3) is 11.0 Å². The first kappa shape index (κ1) is 22.4. The number of carbonyl (C=O) groups is 2. The fraction of sp³-hybridized carbons (Fsp3) is 0.417. The van der Waals surface area contributed by atoms with E-state index in [0.717, 1.165) is 25.7 Å². The van der Waals surface area contributed by atoms with E-state index < -0.39 is 0 Å². The molecule has 1 atom stereocenters. The number of anilines is 1. The number of fused-ring (bicyclic) bond motifs is 1. The van der Waals surface area contributed by atoms with Gasteiger partial charge in [0.25, 0.3) is 0 Å². The summed E-state index contributed by atoms with van der Waals surface area (Å²) in [6.45, 7) is 1.80. The normalized spacial score (nSPS) is 19.6. The van der Waals surface area contributed by atoms with E-state index in [1.54, 1.807) is 44.5 Å². The van der Waals surface area contributed by atoms with Gasteiger partial charge in [-0.3, -0.25) is 9.59 Å². The Kier molecular flexibility index (Phi) is 6.86. The molecule has 0 aliphatic heterocycles. The topological polar surface area (TPSA) is 97.0 Å². The van der Waals surface area contributed by atoms with Crippen LogP contribution in [0.1, 0.15) is 54.9 Å². The van der Waals surface area contributed by atoms with Crippen molar-refractivity contribution in [3.63, 3.8) is 0 Å². The number of ether oxygens (including phenoxy) is 1. The molecule has 7 nitrogen and oxygen atoms in total. The van der Waals surface area contributed by atoms with Crippen LogP contribution in [0.3, 0.4) is 0 Å². The summed E-state index contributed by atoms with van der Waals surface area (Å²) in [6.07, 6.45) is 7.17. The molecule has 2 heterocycles. The summed E-state index contributed by atoms with van der Waals surface area (Å²) in [5, 5.41) is 4.59. The van der Waals surface area contributed by atoms with Gasteiger partial charge in [-0.25, -0.2) is 9.97 Å². The summed E-state index contributed by atoms with van der Waals surface area (Å²) in [5.41, 5.74) is 1.54. The lowest BCUT2D eigenvalue weighted by molar-refractivity contribution is -0.129. The molecule has 0 unspecified atom stereocenters. The highest BCUT2D eigenvalue weighted by atomic mass is 35.5. The zero-order valence-electron chi connectivity index (χ0n) is 18.2. The third-order valence-electron chi connectivity index (χ3n) is 6.32. The van der Waals surface area contributed by atoms with E-state index in [1.165, 1.54) is 6.33 Å². The number of carbonyl (C=O) groups excluding carboxylic acids is 2. The molecule has 3 aromatic rings. The number of benzene rings is 1. The lowest BCUT2D eigenvalue weighted by atomic mass is 9.82. The summed E-state index contributed by atoms with van der Waals surface area (Å²) < 4.78 is 5.14. The van der Waals surface area contributed by atoms with Crippen LogP contribution in [0.15, 0.2) is 36.8 Å². The smallest absolute Gasteiger partial charge is 0.196 e. The molecule has 32 heavy (non-hydrogen) atoms. The fourth-order valence-electron chi connectivity index (χ4n) is 4.33. The lowest BCUT2D eigenvalue weighted by Crippen LogP contribution is -2.29. The molecule has 4 rings (SSSR count). The van der Waals surface area contributed by atoms with Crippen LogP contribution in [0.4, 0.5) is 5.82 Å². The maximum absolute atomic E-state index is 13.2. The van der Waals surface area contributed by atoms with Gasteiger partial charge >= 0.3 is 0 Å². The summed E-state index contributed by atoms with van der Waals surface area (Å²) in [4.78, 5) is 37.1. The second-order valence-corrected chi connectivity index (χ2v) is 8.77. The first-order valence-corrected chi connectivity index (χ1v) is 11.3. The Labute approximate surface area is 191 Å². The monoisotopic (exact) mass is 454 g/mol. The maximum Gasteiger partial charge on any atom is 0.196 e. The Morgan fingerprint density at radius 2 is 1.94 bits per heavy atom. The van der Waals surface area contributed by atoms with Gasteiger partial charge in [-0.2, -0.15) is 0 Å². The van der Waals surface area contributed by atoms with Crippen molar-refractivity contribution in [2.75, 3.05) is 12.4 Å². The van der Waals surface area contributed by atoms with Crippen LogP contribution < -0.4 is 5.32 Å². The minimum atomic E-state index is -0.345. The summed E-state index contributed by atoms with van der Waals surface area (Å²) in [5.74, 6) is 1.01. The predicted molar refractivity (Wildman–Crippen MR) is 124 cm³/mol. The van der Waals surface area contributed by atoms with Gasteiger partial charge in [0.05, 0.1) is 16.0 Å². The zero-order valence-corrected chi connectivity index (χ0v) is 19.0. The molecule has 1 saturated carbocycles. The number of halogens is 1. The fourth-order valence-corrected chi connectivity index (χ4v) is 4.55. The summed E-state index contributed by atoms with van der Waals surface area (Å²) >= 11 is 6.25. The Morgan fingerprint density at radius 1 is 1.19 bits per heavy atom. The van der Waals surface area contributed by atoms with Crippen molar-refractivity contribution in [2.24, 2.45) is 5.92 Å². The largest absolute Gasteiger partial charge is 0.374 e. The number of aromatic nitrogens is 3. The maximum atomic E-state index is 13.2. The van der Waals surface area contributed by atoms with Crippen LogP contribution >= 0.6 is 11.6 Å². The van der Waals surface area contributed by atoms with E-state index in [-0.39, 0.29) is 23.7 Å². The number of aromatic amines is 1. The first-order chi connectivity index (χ1) is 15.5. The van der Waals surface area contributed by atoms with Crippen LogP contribution in [-0.4, -0.2) is 45.8 Å². The number of hydrogen-bond acceptors (Lipinski definition) is 6. The molecule has 0 radical (unpaired) electrons. The van der Waals surface area contributed by atoms with Gasteiger partial charge in [0.15, 0.2) is 11.6 Å². The minimum absolute atomic E-state index is 0.163. The SMILES string of the molecule is CO[C@H](C)C(=O)CC1CCC(Nc2ncnc3[nH]cc(C(=O)c4ccccc4Cl)c23)CC1. The lowest BCUT2D eigenvalue weighted by Gasteiger charge is -2.29. The van der Waals surface area contributed by atoms with Crippen molar-refractivity contribution < 1.29 is 14.3 Å².